The number of hydrogen-bond donors (Lipinski definition) is 2. The molecule has 1 unspecified atom stereocenters. The van der Waals surface area contributed by atoms with Crippen LogP contribution in [-0.2, 0) is 11.2 Å². The zero-order chi connectivity index (χ0) is 11.5. The molecule has 1 aliphatic rings. The number of hydrogen-bond acceptors (Lipinski definition) is 2. The minimum Gasteiger partial charge on any atom is -0.480 e. The first-order valence-electron chi connectivity index (χ1n) is 5.36. The molecule has 0 amide bonds. The minimum absolute atomic E-state index is 0.239. The van der Waals surface area contributed by atoms with Gasteiger partial charge < -0.3 is 10.4 Å². The second kappa shape index (κ2) is 4.61. The predicted octanol–water partition coefficient (Wildman–Crippen LogP) is 1.43. The monoisotopic (exact) mass is 223 g/mol. The molecule has 0 aromatic heterocycles. The molecule has 1 heterocycles. The van der Waals surface area contributed by atoms with Crippen molar-refractivity contribution in [1.29, 1.82) is 0 Å². The van der Waals surface area contributed by atoms with Crippen molar-refractivity contribution in [1.82, 2.24) is 5.32 Å². The van der Waals surface area contributed by atoms with Gasteiger partial charge in [-0.1, -0.05) is 12.1 Å². The van der Waals surface area contributed by atoms with E-state index in [0.29, 0.717) is 18.9 Å². The maximum atomic E-state index is 12.7. The van der Waals surface area contributed by atoms with E-state index in [1.165, 1.54) is 12.1 Å². The molecule has 2 N–H and O–H groups in total. The minimum atomic E-state index is -0.790. The highest BCUT2D eigenvalue weighted by Gasteiger charge is 2.28. The van der Waals surface area contributed by atoms with Crippen LogP contribution in [0.15, 0.2) is 24.3 Å². The number of benzene rings is 1. The van der Waals surface area contributed by atoms with Crippen LogP contribution in [0.1, 0.15) is 12.0 Å². The topological polar surface area (TPSA) is 49.3 Å². The van der Waals surface area contributed by atoms with Gasteiger partial charge in [0.2, 0.25) is 0 Å². The van der Waals surface area contributed by atoms with Gasteiger partial charge in [0.05, 0.1) is 0 Å². The van der Waals surface area contributed by atoms with Crippen molar-refractivity contribution in [3.05, 3.63) is 35.6 Å². The maximum Gasteiger partial charge on any atom is 0.320 e. The molecule has 0 bridgehead atoms. The van der Waals surface area contributed by atoms with E-state index in [2.05, 4.69) is 5.32 Å². The number of aliphatic carboxylic acids is 1. The van der Waals surface area contributed by atoms with E-state index in [1.807, 2.05) is 0 Å². The first-order chi connectivity index (χ1) is 7.65. The summed E-state index contributed by atoms with van der Waals surface area (Å²) in [7, 11) is 0. The molecule has 3 nitrogen and oxygen atoms in total. The van der Waals surface area contributed by atoms with E-state index in [9.17, 15) is 9.18 Å². The molecule has 4 heteroatoms. The summed E-state index contributed by atoms with van der Waals surface area (Å²) in [4.78, 5) is 10.7. The molecule has 2 atom stereocenters. The van der Waals surface area contributed by atoms with Gasteiger partial charge in [-0.15, -0.1) is 0 Å². The lowest BCUT2D eigenvalue weighted by atomic mass is 9.97. The third-order valence-corrected chi connectivity index (χ3v) is 2.96. The van der Waals surface area contributed by atoms with E-state index in [0.717, 1.165) is 12.0 Å². The van der Waals surface area contributed by atoms with Gasteiger partial charge >= 0.3 is 5.97 Å². The van der Waals surface area contributed by atoms with Crippen LogP contribution >= 0.6 is 0 Å². The van der Waals surface area contributed by atoms with E-state index in [-0.39, 0.29) is 5.82 Å². The zero-order valence-corrected chi connectivity index (χ0v) is 8.82. The number of nitrogens with one attached hydrogen (secondary N) is 1. The van der Waals surface area contributed by atoms with Crippen molar-refractivity contribution in [2.24, 2.45) is 5.92 Å². The molecule has 1 saturated heterocycles. The molecule has 0 radical (unpaired) electrons. The average molecular weight is 223 g/mol. The molecule has 0 spiro atoms. The molecule has 16 heavy (non-hydrogen) atoms. The summed E-state index contributed by atoms with van der Waals surface area (Å²) >= 11 is 0. The SMILES string of the molecule is O=C(O)[C@@H]1CC(Cc2ccc(F)cc2)CN1. The van der Waals surface area contributed by atoms with Gasteiger partial charge in [-0.05, 0) is 43.0 Å². The standard InChI is InChI=1S/C12H14FNO2/c13-10-3-1-8(2-4-10)5-9-6-11(12(15)16)14-7-9/h1-4,9,11,14H,5-7H2,(H,15,16)/t9?,11-/m0/s1. The Balaban J connectivity index is 1.92. The zero-order valence-electron chi connectivity index (χ0n) is 8.82. The molecule has 0 aliphatic carbocycles. The number of carbonyl (C=O) groups is 1. The fourth-order valence-corrected chi connectivity index (χ4v) is 2.11. The predicted molar refractivity (Wildman–Crippen MR) is 57.6 cm³/mol. The van der Waals surface area contributed by atoms with Crippen molar-refractivity contribution in [2.75, 3.05) is 6.54 Å². The van der Waals surface area contributed by atoms with Gasteiger partial charge in [0.25, 0.3) is 0 Å². The molecule has 86 valence electrons. The summed E-state index contributed by atoms with van der Waals surface area (Å²) < 4.78 is 12.7. The highest BCUT2D eigenvalue weighted by Crippen LogP contribution is 2.19. The summed E-state index contributed by atoms with van der Waals surface area (Å²) in [6.45, 7) is 0.717. The molecular weight excluding hydrogens is 209 g/mol. The molecule has 2 rings (SSSR count). The van der Waals surface area contributed by atoms with E-state index >= 15 is 0 Å². The molecule has 1 aromatic rings. The first-order valence-corrected chi connectivity index (χ1v) is 5.36. The smallest absolute Gasteiger partial charge is 0.320 e. The van der Waals surface area contributed by atoms with Crippen LogP contribution in [0.25, 0.3) is 0 Å². The second-order valence-electron chi connectivity index (χ2n) is 4.23. The normalized spacial score (nSPS) is 24.6. The van der Waals surface area contributed by atoms with E-state index in [4.69, 9.17) is 5.11 Å². The third-order valence-electron chi connectivity index (χ3n) is 2.96. The van der Waals surface area contributed by atoms with Crippen LogP contribution in [0.4, 0.5) is 4.39 Å². The number of carboxylic acid groups (broad SMARTS) is 1. The van der Waals surface area contributed by atoms with Crippen LogP contribution in [0, 0.1) is 11.7 Å². The Morgan fingerprint density at radius 3 is 2.69 bits per heavy atom. The van der Waals surface area contributed by atoms with Crippen molar-refractivity contribution in [3.63, 3.8) is 0 Å². The number of halogens is 1. The van der Waals surface area contributed by atoms with Crippen LogP contribution in [0.3, 0.4) is 0 Å². The summed E-state index contributed by atoms with van der Waals surface area (Å²) in [6, 6.07) is 5.96. The Bertz CT molecular complexity index is 377. The number of rotatable bonds is 3. The van der Waals surface area contributed by atoms with Crippen molar-refractivity contribution >= 4 is 5.97 Å². The molecule has 1 aromatic carbocycles. The van der Waals surface area contributed by atoms with Gasteiger partial charge in [0, 0.05) is 0 Å². The maximum absolute atomic E-state index is 12.7. The summed E-state index contributed by atoms with van der Waals surface area (Å²) in [6.07, 6.45) is 1.45. The lowest BCUT2D eigenvalue weighted by Crippen LogP contribution is -2.29. The largest absolute Gasteiger partial charge is 0.480 e. The van der Waals surface area contributed by atoms with Crippen LogP contribution in [-0.4, -0.2) is 23.7 Å². The lowest BCUT2D eigenvalue weighted by molar-refractivity contribution is -0.139. The van der Waals surface area contributed by atoms with Gasteiger partial charge in [0.15, 0.2) is 0 Å². The van der Waals surface area contributed by atoms with Crippen LogP contribution in [0.2, 0.25) is 0 Å². The van der Waals surface area contributed by atoms with Crippen molar-refractivity contribution in [2.45, 2.75) is 18.9 Å². The summed E-state index contributed by atoms with van der Waals surface area (Å²) in [5.41, 5.74) is 1.05. The Morgan fingerprint density at radius 1 is 1.44 bits per heavy atom. The van der Waals surface area contributed by atoms with Crippen molar-refractivity contribution in [3.8, 4) is 0 Å². The fourth-order valence-electron chi connectivity index (χ4n) is 2.11. The molecule has 1 aliphatic heterocycles. The Morgan fingerprint density at radius 2 is 2.12 bits per heavy atom. The van der Waals surface area contributed by atoms with Gasteiger partial charge in [-0.2, -0.15) is 0 Å². The second-order valence-corrected chi connectivity index (χ2v) is 4.23. The van der Waals surface area contributed by atoms with Gasteiger partial charge in [0.1, 0.15) is 11.9 Å². The fraction of sp³-hybridized carbons (Fsp3) is 0.417. The number of carboxylic acids is 1. The summed E-state index contributed by atoms with van der Waals surface area (Å²) in [5.74, 6) is -0.704. The molecular formula is C12H14FNO2. The van der Waals surface area contributed by atoms with Gasteiger partial charge in [-0.3, -0.25) is 4.79 Å². The highest BCUT2D eigenvalue weighted by atomic mass is 19.1. The molecule has 1 fully saturated rings. The Labute approximate surface area is 93.3 Å². The molecule has 0 saturated carbocycles. The van der Waals surface area contributed by atoms with Crippen molar-refractivity contribution < 1.29 is 14.3 Å². The lowest BCUT2D eigenvalue weighted by Gasteiger charge is -2.08. The van der Waals surface area contributed by atoms with E-state index < -0.39 is 12.0 Å². The summed E-state index contributed by atoms with van der Waals surface area (Å²) in [5, 5.41) is 11.8. The van der Waals surface area contributed by atoms with Gasteiger partial charge in [-0.25, -0.2) is 4.39 Å². The third kappa shape index (κ3) is 2.58. The average Bonchev–Trinajstić information content (AvgIpc) is 2.70. The van der Waals surface area contributed by atoms with E-state index in [1.54, 1.807) is 12.1 Å². The quantitative estimate of drug-likeness (QED) is 0.815. The first kappa shape index (κ1) is 11.1. The van der Waals surface area contributed by atoms with Crippen LogP contribution < -0.4 is 5.32 Å². The highest BCUT2D eigenvalue weighted by molar-refractivity contribution is 5.73. The Hall–Kier alpha value is -1.42. The van der Waals surface area contributed by atoms with Crippen LogP contribution in [0.5, 0.6) is 0 Å². The Kier molecular flexibility index (Phi) is 3.19.